The molecule has 1 heterocycles. The highest BCUT2D eigenvalue weighted by Gasteiger charge is 2.14. The molecule has 1 aromatic carbocycles. The van der Waals surface area contributed by atoms with E-state index in [4.69, 9.17) is 9.84 Å². The molecule has 0 spiro atoms. The fraction of sp³-hybridized carbons (Fsp3) is 0.467. The highest BCUT2D eigenvalue weighted by Crippen LogP contribution is 2.23. The van der Waals surface area contributed by atoms with Crippen LogP contribution in [0.15, 0.2) is 18.2 Å². The number of carboxylic acid groups (broad SMARTS) is 1. The Kier molecular flexibility index (Phi) is 5.16. The molecule has 114 valence electrons. The van der Waals surface area contributed by atoms with Gasteiger partial charge in [0.1, 0.15) is 11.3 Å². The molecule has 1 aromatic rings. The molecule has 1 amide bonds. The number of carbonyl (C=O) groups excluding carboxylic acids is 1. The lowest BCUT2D eigenvalue weighted by atomic mass is 10.2. The molecule has 2 N–H and O–H groups in total. The quantitative estimate of drug-likeness (QED) is 0.836. The summed E-state index contributed by atoms with van der Waals surface area (Å²) in [5.74, 6) is -0.898. The summed E-state index contributed by atoms with van der Waals surface area (Å²) in [5.41, 5.74) is 0.621. The molecule has 0 bridgehead atoms. The Hall–Kier alpha value is -2.08. The van der Waals surface area contributed by atoms with E-state index in [9.17, 15) is 9.59 Å². The summed E-state index contributed by atoms with van der Waals surface area (Å²) in [6.07, 6.45) is 2.84. The van der Waals surface area contributed by atoms with Crippen molar-refractivity contribution in [1.29, 1.82) is 0 Å². The number of benzene rings is 1. The number of nitrogens with zero attached hydrogens (tertiary/aromatic N) is 1. The first-order chi connectivity index (χ1) is 10.1. The molecule has 1 saturated heterocycles. The van der Waals surface area contributed by atoms with Crippen molar-refractivity contribution in [2.24, 2.45) is 0 Å². The topological polar surface area (TPSA) is 78.9 Å². The molecule has 6 heteroatoms. The maximum Gasteiger partial charge on any atom is 0.339 e. The van der Waals surface area contributed by atoms with Crippen LogP contribution in [0.2, 0.25) is 0 Å². The SMILES string of the molecule is COc1cc(NC(=O)CCN2CCCC2)ccc1C(=O)O. The van der Waals surface area contributed by atoms with Crippen LogP contribution in [0.3, 0.4) is 0 Å². The van der Waals surface area contributed by atoms with Crippen LogP contribution < -0.4 is 10.1 Å². The number of ether oxygens (including phenoxy) is 1. The second-order valence-corrected chi connectivity index (χ2v) is 5.07. The summed E-state index contributed by atoms with van der Waals surface area (Å²) in [6.45, 7) is 2.89. The fourth-order valence-electron chi connectivity index (χ4n) is 2.44. The molecule has 21 heavy (non-hydrogen) atoms. The van der Waals surface area contributed by atoms with Gasteiger partial charge in [0, 0.05) is 24.7 Å². The lowest BCUT2D eigenvalue weighted by Crippen LogP contribution is -2.25. The van der Waals surface area contributed by atoms with Crippen molar-refractivity contribution >= 4 is 17.6 Å². The van der Waals surface area contributed by atoms with Gasteiger partial charge in [0.05, 0.1) is 7.11 Å². The Morgan fingerprint density at radius 1 is 1.33 bits per heavy atom. The predicted octanol–water partition coefficient (Wildman–Crippen LogP) is 1.82. The average Bonchev–Trinajstić information content (AvgIpc) is 2.98. The summed E-state index contributed by atoms with van der Waals surface area (Å²) in [7, 11) is 1.40. The zero-order valence-corrected chi connectivity index (χ0v) is 12.1. The van der Waals surface area contributed by atoms with Crippen molar-refractivity contribution in [2.45, 2.75) is 19.3 Å². The molecule has 0 aliphatic carbocycles. The number of hydrogen-bond acceptors (Lipinski definition) is 4. The molecule has 0 unspecified atom stereocenters. The summed E-state index contributed by atoms with van der Waals surface area (Å²) >= 11 is 0. The van der Waals surface area contributed by atoms with Crippen molar-refractivity contribution in [3.05, 3.63) is 23.8 Å². The molecule has 6 nitrogen and oxygen atoms in total. The average molecular weight is 292 g/mol. The maximum absolute atomic E-state index is 11.9. The van der Waals surface area contributed by atoms with Gasteiger partial charge in [-0.15, -0.1) is 0 Å². The Morgan fingerprint density at radius 2 is 2.05 bits per heavy atom. The third-order valence-corrected chi connectivity index (χ3v) is 3.57. The van der Waals surface area contributed by atoms with Gasteiger partial charge >= 0.3 is 5.97 Å². The smallest absolute Gasteiger partial charge is 0.339 e. The first kappa shape index (κ1) is 15.3. The maximum atomic E-state index is 11.9. The standard InChI is InChI=1S/C15H20N2O4/c1-21-13-10-11(4-5-12(13)15(19)20)16-14(18)6-9-17-7-2-3-8-17/h4-5,10H,2-3,6-9H2,1H3,(H,16,18)(H,19,20). The fourth-order valence-corrected chi connectivity index (χ4v) is 2.44. The van der Waals surface area contributed by atoms with E-state index in [1.165, 1.54) is 32.1 Å². The number of carboxylic acids is 1. The number of anilines is 1. The van der Waals surface area contributed by atoms with Crippen LogP contribution in [0.5, 0.6) is 5.75 Å². The minimum absolute atomic E-state index is 0.0764. The van der Waals surface area contributed by atoms with E-state index in [0.29, 0.717) is 12.1 Å². The van der Waals surface area contributed by atoms with Crippen molar-refractivity contribution in [3.8, 4) is 5.75 Å². The second-order valence-electron chi connectivity index (χ2n) is 5.07. The van der Waals surface area contributed by atoms with E-state index >= 15 is 0 Å². The number of amides is 1. The number of nitrogens with one attached hydrogen (secondary N) is 1. The van der Waals surface area contributed by atoms with Gasteiger partial charge in [-0.3, -0.25) is 4.79 Å². The van der Waals surface area contributed by atoms with Crippen LogP contribution in [0.4, 0.5) is 5.69 Å². The van der Waals surface area contributed by atoms with Gasteiger partial charge in [0.2, 0.25) is 5.91 Å². The largest absolute Gasteiger partial charge is 0.496 e. The van der Waals surface area contributed by atoms with E-state index in [1.807, 2.05) is 0 Å². The number of aromatic carboxylic acids is 1. The summed E-state index contributed by atoms with van der Waals surface area (Å²) in [6, 6.07) is 4.52. The van der Waals surface area contributed by atoms with Gasteiger partial charge in [-0.1, -0.05) is 0 Å². The molecular formula is C15H20N2O4. The number of methoxy groups -OCH3 is 1. The van der Waals surface area contributed by atoms with E-state index in [0.717, 1.165) is 19.6 Å². The van der Waals surface area contributed by atoms with Crippen LogP contribution in [0.1, 0.15) is 29.6 Å². The van der Waals surface area contributed by atoms with E-state index in [-0.39, 0.29) is 17.2 Å². The van der Waals surface area contributed by atoms with Crippen LogP contribution in [-0.4, -0.2) is 48.6 Å². The highest BCUT2D eigenvalue weighted by molar-refractivity contribution is 5.94. The zero-order chi connectivity index (χ0) is 15.2. The summed E-state index contributed by atoms with van der Waals surface area (Å²) in [4.78, 5) is 25.2. The van der Waals surface area contributed by atoms with Crippen molar-refractivity contribution < 1.29 is 19.4 Å². The van der Waals surface area contributed by atoms with E-state index < -0.39 is 5.97 Å². The van der Waals surface area contributed by atoms with Crippen LogP contribution in [-0.2, 0) is 4.79 Å². The molecule has 0 aromatic heterocycles. The van der Waals surface area contributed by atoms with E-state index in [2.05, 4.69) is 10.2 Å². The molecule has 1 fully saturated rings. The minimum Gasteiger partial charge on any atom is -0.496 e. The van der Waals surface area contributed by atoms with Gasteiger partial charge < -0.3 is 20.1 Å². The van der Waals surface area contributed by atoms with Gasteiger partial charge in [0.15, 0.2) is 0 Å². The highest BCUT2D eigenvalue weighted by atomic mass is 16.5. The number of likely N-dealkylation sites (tertiary alicyclic amines) is 1. The molecule has 0 saturated carbocycles. The van der Waals surface area contributed by atoms with Crippen molar-refractivity contribution in [1.82, 2.24) is 4.90 Å². The Labute approximate surface area is 123 Å². The third kappa shape index (κ3) is 4.19. The Morgan fingerprint density at radius 3 is 2.67 bits per heavy atom. The number of carbonyl (C=O) groups is 2. The lowest BCUT2D eigenvalue weighted by molar-refractivity contribution is -0.116. The molecular weight excluding hydrogens is 272 g/mol. The van der Waals surface area contributed by atoms with Crippen LogP contribution in [0.25, 0.3) is 0 Å². The number of rotatable bonds is 6. The van der Waals surface area contributed by atoms with Gasteiger partial charge in [-0.05, 0) is 38.1 Å². The van der Waals surface area contributed by atoms with Gasteiger partial charge in [-0.25, -0.2) is 4.79 Å². The Balaban J connectivity index is 1.92. The lowest BCUT2D eigenvalue weighted by Gasteiger charge is -2.14. The Bertz CT molecular complexity index is 524. The molecule has 1 aliphatic heterocycles. The molecule has 0 atom stereocenters. The predicted molar refractivity (Wildman–Crippen MR) is 78.9 cm³/mol. The van der Waals surface area contributed by atoms with Crippen LogP contribution in [0, 0.1) is 0 Å². The molecule has 2 rings (SSSR count). The summed E-state index contributed by atoms with van der Waals surface area (Å²) < 4.78 is 5.03. The zero-order valence-electron chi connectivity index (χ0n) is 12.1. The van der Waals surface area contributed by atoms with Crippen LogP contribution >= 0.6 is 0 Å². The summed E-state index contributed by atoms with van der Waals surface area (Å²) in [5, 5.41) is 11.8. The van der Waals surface area contributed by atoms with E-state index in [1.54, 1.807) is 6.07 Å². The van der Waals surface area contributed by atoms with Gasteiger partial charge in [-0.2, -0.15) is 0 Å². The first-order valence-corrected chi connectivity index (χ1v) is 7.03. The first-order valence-electron chi connectivity index (χ1n) is 7.03. The minimum atomic E-state index is -1.06. The third-order valence-electron chi connectivity index (χ3n) is 3.57. The normalized spacial score (nSPS) is 14.9. The van der Waals surface area contributed by atoms with Gasteiger partial charge in [0.25, 0.3) is 0 Å². The number of hydrogen-bond donors (Lipinski definition) is 2. The second kappa shape index (κ2) is 7.08. The van der Waals surface area contributed by atoms with Crippen molar-refractivity contribution in [2.75, 3.05) is 32.1 Å². The monoisotopic (exact) mass is 292 g/mol. The van der Waals surface area contributed by atoms with Crippen molar-refractivity contribution in [3.63, 3.8) is 0 Å². The molecule has 1 aliphatic rings. The molecule has 0 radical (unpaired) electrons.